The Bertz CT molecular complexity index is 492. The normalized spacial score (nSPS) is 12.5. The molecule has 1 aromatic heterocycles. The molecule has 2 heteroatoms. The lowest BCUT2D eigenvalue weighted by atomic mass is 9.98. The maximum atomic E-state index is 12.0. The highest BCUT2D eigenvalue weighted by atomic mass is 16.4. The number of hydrogen-bond acceptors (Lipinski definition) is 2. The third-order valence-corrected chi connectivity index (χ3v) is 3.57. The van der Waals surface area contributed by atoms with Crippen LogP contribution in [0.3, 0.4) is 0 Å². The lowest BCUT2D eigenvalue weighted by molar-refractivity contribution is 0.484. The van der Waals surface area contributed by atoms with Crippen LogP contribution in [-0.2, 0) is 12.8 Å². The summed E-state index contributed by atoms with van der Waals surface area (Å²) in [7, 11) is 0. The second kappa shape index (κ2) is 6.58. The van der Waals surface area contributed by atoms with Gasteiger partial charge in [0.05, 0.1) is 0 Å². The van der Waals surface area contributed by atoms with E-state index in [1.54, 1.807) is 0 Å². The smallest absolute Gasteiger partial charge is 0.339 e. The quantitative estimate of drug-likeness (QED) is 0.775. The van der Waals surface area contributed by atoms with Gasteiger partial charge in [-0.1, -0.05) is 33.3 Å². The van der Waals surface area contributed by atoms with Crippen molar-refractivity contribution in [3.8, 4) is 0 Å². The SMILES string of the molecule is CC/C(C)=C(\CC)c1cc(CC)c(CC)c(=O)o1. The molecule has 0 aliphatic rings. The molecular formula is C16H24O2. The first kappa shape index (κ1) is 14.7. The van der Waals surface area contributed by atoms with E-state index in [1.165, 1.54) is 11.1 Å². The van der Waals surface area contributed by atoms with Gasteiger partial charge in [0.1, 0.15) is 5.76 Å². The minimum Gasteiger partial charge on any atom is -0.423 e. The molecule has 100 valence electrons. The van der Waals surface area contributed by atoms with E-state index in [2.05, 4.69) is 33.8 Å². The maximum absolute atomic E-state index is 12.0. The third kappa shape index (κ3) is 2.92. The lowest BCUT2D eigenvalue weighted by Gasteiger charge is -2.11. The lowest BCUT2D eigenvalue weighted by Crippen LogP contribution is -2.12. The summed E-state index contributed by atoms with van der Waals surface area (Å²) in [5.41, 5.74) is 4.25. The molecule has 0 aliphatic carbocycles. The van der Waals surface area contributed by atoms with Gasteiger partial charge in [-0.25, -0.2) is 4.79 Å². The number of allylic oxidation sites excluding steroid dienone is 2. The van der Waals surface area contributed by atoms with E-state index in [0.717, 1.165) is 42.6 Å². The Morgan fingerprint density at radius 1 is 1.11 bits per heavy atom. The van der Waals surface area contributed by atoms with Gasteiger partial charge >= 0.3 is 5.63 Å². The summed E-state index contributed by atoms with van der Waals surface area (Å²) in [5, 5.41) is 0. The van der Waals surface area contributed by atoms with Gasteiger partial charge in [0.2, 0.25) is 0 Å². The zero-order valence-electron chi connectivity index (χ0n) is 12.2. The van der Waals surface area contributed by atoms with E-state index in [4.69, 9.17) is 4.42 Å². The van der Waals surface area contributed by atoms with Gasteiger partial charge in [0, 0.05) is 5.56 Å². The predicted molar refractivity (Wildman–Crippen MR) is 76.9 cm³/mol. The van der Waals surface area contributed by atoms with Crippen molar-refractivity contribution < 1.29 is 4.42 Å². The van der Waals surface area contributed by atoms with Crippen LogP contribution >= 0.6 is 0 Å². The first-order chi connectivity index (χ1) is 8.58. The molecule has 0 aromatic carbocycles. The van der Waals surface area contributed by atoms with E-state index in [-0.39, 0.29) is 5.63 Å². The molecule has 0 fully saturated rings. The molecule has 18 heavy (non-hydrogen) atoms. The molecule has 1 rings (SSSR count). The standard InChI is InChI=1S/C16H24O2/c1-6-11(5)13(8-3)15-10-12(7-2)14(9-4)16(17)18-15/h10H,6-9H2,1-5H3/b13-11+. The summed E-state index contributed by atoms with van der Waals surface area (Å²) in [6, 6.07) is 2.05. The van der Waals surface area contributed by atoms with Crippen LogP contribution in [0.5, 0.6) is 0 Å². The van der Waals surface area contributed by atoms with Gasteiger partial charge in [-0.3, -0.25) is 0 Å². The predicted octanol–water partition coefficient (Wildman–Crippen LogP) is 4.36. The molecule has 0 saturated carbocycles. The van der Waals surface area contributed by atoms with Gasteiger partial charge < -0.3 is 4.42 Å². The summed E-state index contributed by atoms with van der Waals surface area (Å²) < 4.78 is 5.50. The first-order valence-electron chi connectivity index (χ1n) is 6.93. The second-order valence-corrected chi connectivity index (χ2v) is 4.57. The largest absolute Gasteiger partial charge is 0.423 e. The molecule has 0 N–H and O–H groups in total. The van der Waals surface area contributed by atoms with Crippen molar-refractivity contribution in [3.05, 3.63) is 38.9 Å². The Labute approximate surface area is 110 Å². The van der Waals surface area contributed by atoms with E-state index in [0.29, 0.717) is 0 Å². The molecule has 0 aliphatic heterocycles. The molecular weight excluding hydrogens is 224 g/mol. The summed E-state index contributed by atoms with van der Waals surface area (Å²) in [4.78, 5) is 12.0. The van der Waals surface area contributed by atoms with Gasteiger partial charge in [-0.15, -0.1) is 0 Å². The Morgan fingerprint density at radius 2 is 1.78 bits per heavy atom. The Kier molecular flexibility index (Phi) is 5.39. The van der Waals surface area contributed by atoms with Gasteiger partial charge in [-0.2, -0.15) is 0 Å². The fourth-order valence-corrected chi connectivity index (χ4v) is 2.30. The fraction of sp³-hybridized carbons (Fsp3) is 0.562. The molecule has 1 aromatic rings. The molecule has 0 unspecified atom stereocenters. The van der Waals surface area contributed by atoms with Crippen molar-refractivity contribution in [2.75, 3.05) is 0 Å². The molecule has 1 heterocycles. The molecule has 0 radical (unpaired) electrons. The summed E-state index contributed by atoms with van der Waals surface area (Å²) >= 11 is 0. The van der Waals surface area contributed by atoms with Crippen LogP contribution in [0.4, 0.5) is 0 Å². The van der Waals surface area contributed by atoms with Crippen LogP contribution in [0.25, 0.3) is 5.57 Å². The van der Waals surface area contributed by atoms with Crippen molar-refractivity contribution in [1.29, 1.82) is 0 Å². The molecule has 0 spiro atoms. The van der Waals surface area contributed by atoms with Crippen molar-refractivity contribution >= 4 is 5.57 Å². The van der Waals surface area contributed by atoms with Crippen molar-refractivity contribution in [1.82, 2.24) is 0 Å². The maximum Gasteiger partial charge on any atom is 0.339 e. The topological polar surface area (TPSA) is 30.2 Å². The highest BCUT2D eigenvalue weighted by Crippen LogP contribution is 2.24. The number of rotatable bonds is 5. The van der Waals surface area contributed by atoms with E-state index < -0.39 is 0 Å². The van der Waals surface area contributed by atoms with Crippen LogP contribution in [0.2, 0.25) is 0 Å². The molecule has 0 atom stereocenters. The first-order valence-corrected chi connectivity index (χ1v) is 6.93. The number of aryl methyl sites for hydroxylation is 1. The van der Waals surface area contributed by atoms with E-state index >= 15 is 0 Å². The minimum absolute atomic E-state index is 0.165. The average molecular weight is 248 g/mol. The van der Waals surface area contributed by atoms with Crippen LogP contribution in [0, 0.1) is 0 Å². The third-order valence-electron chi connectivity index (χ3n) is 3.57. The Morgan fingerprint density at radius 3 is 2.22 bits per heavy atom. The van der Waals surface area contributed by atoms with E-state index in [1.807, 2.05) is 6.92 Å². The Balaban J connectivity index is 3.44. The molecule has 2 nitrogen and oxygen atoms in total. The minimum atomic E-state index is -0.165. The zero-order chi connectivity index (χ0) is 13.7. The summed E-state index contributed by atoms with van der Waals surface area (Å²) in [6.45, 7) is 10.4. The highest BCUT2D eigenvalue weighted by molar-refractivity contribution is 5.64. The van der Waals surface area contributed by atoms with Crippen molar-refractivity contribution in [2.45, 2.75) is 60.3 Å². The van der Waals surface area contributed by atoms with Crippen molar-refractivity contribution in [2.24, 2.45) is 0 Å². The van der Waals surface area contributed by atoms with Crippen molar-refractivity contribution in [3.63, 3.8) is 0 Å². The average Bonchev–Trinajstić information content (AvgIpc) is 2.38. The van der Waals surface area contributed by atoms with E-state index in [9.17, 15) is 4.79 Å². The van der Waals surface area contributed by atoms with Crippen LogP contribution in [0.1, 0.15) is 64.3 Å². The highest BCUT2D eigenvalue weighted by Gasteiger charge is 2.12. The Hall–Kier alpha value is -1.31. The zero-order valence-corrected chi connectivity index (χ0v) is 12.2. The molecule has 0 bridgehead atoms. The fourth-order valence-electron chi connectivity index (χ4n) is 2.30. The second-order valence-electron chi connectivity index (χ2n) is 4.57. The molecule has 0 amide bonds. The van der Waals surface area contributed by atoms with Crippen LogP contribution < -0.4 is 5.63 Å². The summed E-state index contributed by atoms with van der Waals surface area (Å²) in [6.07, 6.45) is 3.51. The van der Waals surface area contributed by atoms with Gasteiger partial charge in [0.15, 0.2) is 0 Å². The van der Waals surface area contributed by atoms with Gasteiger partial charge in [0.25, 0.3) is 0 Å². The monoisotopic (exact) mass is 248 g/mol. The number of hydrogen-bond donors (Lipinski definition) is 0. The molecule has 0 saturated heterocycles. The van der Waals surface area contributed by atoms with Crippen LogP contribution in [-0.4, -0.2) is 0 Å². The summed E-state index contributed by atoms with van der Waals surface area (Å²) in [5.74, 6) is 0.760. The van der Waals surface area contributed by atoms with Gasteiger partial charge in [-0.05, 0) is 49.8 Å². The van der Waals surface area contributed by atoms with Crippen LogP contribution in [0.15, 0.2) is 20.9 Å².